The summed E-state index contributed by atoms with van der Waals surface area (Å²) < 4.78 is 20.8. The predicted octanol–water partition coefficient (Wildman–Crippen LogP) is 5.41. The van der Waals surface area contributed by atoms with Crippen LogP contribution < -0.4 is 5.56 Å². The van der Waals surface area contributed by atoms with Gasteiger partial charge in [0, 0.05) is 22.5 Å². The van der Waals surface area contributed by atoms with Gasteiger partial charge in [0.1, 0.15) is 5.82 Å². The normalized spacial score (nSPS) is 11.2. The van der Waals surface area contributed by atoms with Crippen LogP contribution in [0, 0.1) is 5.82 Å². The minimum Gasteiger partial charge on any atom is -0.334 e. The van der Waals surface area contributed by atoms with Crippen molar-refractivity contribution < 1.29 is 8.91 Å². The molecule has 5 rings (SSSR count). The molecule has 0 unspecified atom stereocenters. The minimum absolute atomic E-state index is 0.250. The first-order chi connectivity index (χ1) is 15.1. The Balaban J connectivity index is 1.69. The molecule has 5 nitrogen and oxygen atoms in total. The standard InChI is InChI=1S/C25H18FN3O2/c1-2-16-10-12-17(13-11-16)23-27-24(31-28-23)22-15-29(19-7-5-6-18(26)14-19)25(30)21-9-4-3-8-20(21)22/h3-15H,2H2,1H3. The lowest BCUT2D eigenvalue weighted by Crippen LogP contribution is -2.18. The van der Waals surface area contributed by atoms with Crippen LogP contribution in [0.5, 0.6) is 0 Å². The third kappa shape index (κ3) is 3.42. The van der Waals surface area contributed by atoms with Gasteiger partial charge in [-0.3, -0.25) is 9.36 Å². The highest BCUT2D eigenvalue weighted by Gasteiger charge is 2.17. The number of benzene rings is 3. The van der Waals surface area contributed by atoms with Crippen LogP contribution >= 0.6 is 0 Å². The topological polar surface area (TPSA) is 60.9 Å². The molecule has 0 aliphatic rings. The molecule has 0 aliphatic heterocycles. The summed E-state index contributed by atoms with van der Waals surface area (Å²) in [5.74, 6) is 0.330. The highest BCUT2D eigenvalue weighted by Crippen LogP contribution is 2.28. The molecule has 3 aromatic carbocycles. The van der Waals surface area contributed by atoms with Gasteiger partial charge in [-0.1, -0.05) is 60.6 Å². The lowest BCUT2D eigenvalue weighted by molar-refractivity contribution is 0.432. The van der Waals surface area contributed by atoms with E-state index >= 15 is 0 Å². The second kappa shape index (κ2) is 7.65. The Bertz CT molecular complexity index is 1450. The molecule has 0 N–H and O–H groups in total. The maximum Gasteiger partial charge on any atom is 0.262 e. The molecule has 0 bridgehead atoms. The fourth-order valence-electron chi connectivity index (χ4n) is 3.62. The largest absolute Gasteiger partial charge is 0.334 e. The first-order valence-electron chi connectivity index (χ1n) is 9.98. The van der Waals surface area contributed by atoms with Crippen molar-refractivity contribution in [2.24, 2.45) is 0 Å². The quantitative estimate of drug-likeness (QED) is 0.397. The molecule has 152 valence electrons. The van der Waals surface area contributed by atoms with Gasteiger partial charge < -0.3 is 4.52 Å². The van der Waals surface area contributed by atoms with E-state index in [4.69, 9.17) is 4.52 Å². The van der Waals surface area contributed by atoms with Crippen molar-refractivity contribution in [1.29, 1.82) is 0 Å². The summed E-state index contributed by atoms with van der Waals surface area (Å²) in [5, 5.41) is 5.30. The highest BCUT2D eigenvalue weighted by molar-refractivity contribution is 5.94. The zero-order valence-corrected chi connectivity index (χ0v) is 16.7. The van der Waals surface area contributed by atoms with E-state index < -0.39 is 5.82 Å². The molecular weight excluding hydrogens is 393 g/mol. The number of aryl methyl sites for hydroxylation is 1. The van der Waals surface area contributed by atoms with Gasteiger partial charge in [-0.2, -0.15) is 4.98 Å². The van der Waals surface area contributed by atoms with Crippen LogP contribution in [0.4, 0.5) is 4.39 Å². The molecule has 0 saturated heterocycles. The lowest BCUT2D eigenvalue weighted by Gasteiger charge is -2.10. The summed E-state index contributed by atoms with van der Waals surface area (Å²) in [6.07, 6.45) is 2.57. The molecule has 0 fully saturated rings. The molecule has 6 heteroatoms. The Morgan fingerprint density at radius 3 is 2.48 bits per heavy atom. The SMILES string of the molecule is CCc1ccc(-c2noc(-c3cn(-c4cccc(F)c4)c(=O)c4ccccc34)n2)cc1. The number of nitrogens with zero attached hydrogens (tertiary/aromatic N) is 3. The van der Waals surface area contributed by atoms with Gasteiger partial charge in [-0.25, -0.2) is 4.39 Å². The van der Waals surface area contributed by atoms with Gasteiger partial charge in [0.05, 0.1) is 11.3 Å². The van der Waals surface area contributed by atoms with E-state index in [0.29, 0.717) is 27.8 Å². The van der Waals surface area contributed by atoms with Gasteiger partial charge >= 0.3 is 0 Å². The molecule has 5 aromatic rings. The van der Waals surface area contributed by atoms with Crippen molar-refractivity contribution in [2.75, 3.05) is 0 Å². The first-order valence-corrected chi connectivity index (χ1v) is 9.98. The van der Waals surface area contributed by atoms with Crippen LogP contribution in [0.1, 0.15) is 12.5 Å². The molecule has 31 heavy (non-hydrogen) atoms. The second-order valence-corrected chi connectivity index (χ2v) is 7.22. The average Bonchev–Trinajstić information content (AvgIpc) is 3.30. The molecule has 0 spiro atoms. The van der Waals surface area contributed by atoms with E-state index in [2.05, 4.69) is 17.1 Å². The number of halogens is 1. The fraction of sp³-hybridized carbons (Fsp3) is 0.0800. The smallest absolute Gasteiger partial charge is 0.262 e. The Kier molecular flexibility index (Phi) is 4.67. The molecule has 0 atom stereocenters. The first kappa shape index (κ1) is 18.9. The fourth-order valence-corrected chi connectivity index (χ4v) is 3.62. The third-order valence-corrected chi connectivity index (χ3v) is 5.29. The molecule has 0 aliphatic carbocycles. The average molecular weight is 411 g/mol. The summed E-state index contributed by atoms with van der Waals surface area (Å²) in [6.45, 7) is 2.10. The van der Waals surface area contributed by atoms with Gasteiger partial charge in [-0.15, -0.1) is 0 Å². The van der Waals surface area contributed by atoms with Crippen LogP contribution in [0.15, 0.2) is 88.3 Å². The van der Waals surface area contributed by atoms with Gasteiger partial charge in [-0.05, 0) is 36.2 Å². The van der Waals surface area contributed by atoms with E-state index in [1.165, 1.54) is 22.3 Å². The molecule has 0 radical (unpaired) electrons. The van der Waals surface area contributed by atoms with E-state index in [0.717, 1.165) is 12.0 Å². The van der Waals surface area contributed by atoms with Gasteiger partial charge in [0.25, 0.3) is 11.4 Å². The number of fused-ring (bicyclic) bond motifs is 1. The number of hydrogen-bond donors (Lipinski definition) is 0. The molecule has 0 amide bonds. The minimum atomic E-state index is -0.422. The Labute approximate surface area is 177 Å². The van der Waals surface area contributed by atoms with Crippen LogP contribution in [0.2, 0.25) is 0 Å². The zero-order chi connectivity index (χ0) is 21.4. The highest BCUT2D eigenvalue weighted by atomic mass is 19.1. The second-order valence-electron chi connectivity index (χ2n) is 7.22. The van der Waals surface area contributed by atoms with Gasteiger partial charge in [0.15, 0.2) is 0 Å². The van der Waals surface area contributed by atoms with Crippen molar-refractivity contribution in [1.82, 2.24) is 14.7 Å². The maximum atomic E-state index is 13.8. The Morgan fingerprint density at radius 1 is 0.968 bits per heavy atom. The maximum absolute atomic E-state index is 13.8. The molecule has 0 saturated carbocycles. The Morgan fingerprint density at radius 2 is 1.74 bits per heavy atom. The number of rotatable bonds is 4. The van der Waals surface area contributed by atoms with Crippen molar-refractivity contribution in [3.05, 3.63) is 101 Å². The molecule has 2 aromatic heterocycles. The van der Waals surface area contributed by atoms with Crippen LogP contribution in [-0.2, 0) is 6.42 Å². The van der Waals surface area contributed by atoms with Crippen molar-refractivity contribution in [3.8, 4) is 28.5 Å². The molecular formula is C25H18FN3O2. The number of aromatic nitrogens is 3. The van der Waals surface area contributed by atoms with E-state index in [1.54, 1.807) is 30.5 Å². The van der Waals surface area contributed by atoms with Crippen LogP contribution in [0.25, 0.3) is 39.3 Å². The predicted molar refractivity (Wildman–Crippen MR) is 118 cm³/mol. The van der Waals surface area contributed by atoms with Crippen molar-refractivity contribution in [3.63, 3.8) is 0 Å². The van der Waals surface area contributed by atoms with Crippen molar-refractivity contribution in [2.45, 2.75) is 13.3 Å². The van der Waals surface area contributed by atoms with Crippen molar-refractivity contribution >= 4 is 10.8 Å². The Hall–Kier alpha value is -4.06. The zero-order valence-electron chi connectivity index (χ0n) is 16.7. The summed E-state index contributed by atoms with van der Waals surface area (Å²) in [7, 11) is 0. The molecule has 2 heterocycles. The van der Waals surface area contributed by atoms with Crippen LogP contribution in [-0.4, -0.2) is 14.7 Å². The summed E-state index contributed by atoms with van der Waals surface area (Å²) >= 11 is 0. The van der Waals surface area contributed by atoms with E-state index in [-0.39, 0.29) is 11.4 Å². The number of pyridine rings is 1. The van der Waals surface area contributed by atoms with Crippen LogP contribution in [0.3, 0.4) is 0 Å². The van der Waals surface area contributed by atoms with E-state index in [1.807, 2.05) is 36.4 Å². The monoisotopic (exact) mass is 411 g/mol. The summed E-state index contributed by atoms with van der Waals surface area (Å²) in [5.41, 5.74) is 2.84. The number of hydrogen-bond acceptors (Lipinski definition) is 4. The third-order valence-electron chi connectivity index (χ3n) is 5.29. The van der Waals surface area contributed by atoms with Gasteiger partial charge in [0.2, 0.25) is 5.82 Å². The summed E-state index contributed by atoms with van der Waals surface area (Å²) in [6, 6.07) is 21.1. The van der Waals surface area contributed by atoms with E-state index in [9.17, 15) is 9.18 Å². The summed E-state index contributed by atoms with van der Waals surface area (Å²) in [4.78, 5) is 17.7. The lowest BCUT2D eigenvalue weighted by atomic mass is 10.1.